The monoisotopic (exact) mass is 566 g/mol. The summed E-state index contributed by atoms with van der Waals surface area (Å²) in [6.45, 7) is 6.29. The van der Waals surface area contributed by atoms with Crippen LogP contribution in [0.15, 0.2) is 56.6 Å². The second-order valence-corrected chi connectivity index (χ2v) is 11.0. The number of allylic oxidation sites excluding steroid dienone is 5. The van der Waals surface area contributed by atoms with Crippen LogP contribution in [0.25, 0.3) is 0 Å². The van der Waals surface area contributed by atoms with E-state index in [4.69, 9.17) is 14.2 Å². The van der Waals surface area contributed by atoms with Crippen LogP contribution in [0.2, 0.25) is 0 Å². The zero-order valence-corrected chi connectivity index (χ0v) is 24.2. The van der Waals surface area contributed by atoms with Crippen LogP contribution < -0.4 is 0 Å². The minimum absolute atomic E-state index is 0.0521. The summed E-state index contributed by atoms with van der Waals surface area (Å²) in [6.07, 6.45) is 0.426. The van der Waals surface area contributed by atoms with Crippen molar-refractivity contribution in [3.8, 4) is 0 Å². The molecule has 218 valence electrons. The molecule has 2 bridgehead atoms. The highest BCUT2D eigenvalue weighted by atomic mass is 16.5. The van der Waals surface area contributed by atoms with E-state index in [1.165, 1.54) is 28.1 Å². The van der Waals surface area contributed by atoms with E-state index >= 15 is 0 Å². The third-order valence-corrected chi connectivity index (χ3v) is 9.19. The highest BCUT2D eigenvalue weighted by Crippen LogP contribution is 2.47. The molecule has 0 aromatic heterocycles. The topological polar surface area (TPSA) is 140 Å². The Hall–Kier alpha value is -3.67. The maximum atomic E-state index is 13.8. The molecule has 3 heterocycles. The van der Waals surface area contributed by atoms with E-state index in [-0.39, 0.29) is 70.3 Å². The van der Waals surface area contributed by atoms with E-state index in [0.29, 0.717) is 5.57 Å². The minimum atomic E-state index is -1.29. The maximum absolute atomic E-state index is 13.8. The lowest BCUT2D eigenvalue weighted by Crippen LogP contribution is -2.73. The number of nitrogens with zero attached hydrogens (tertiary/aromatic N) is 2. The molecule has 0 aromatic carbocycles. The van der Waals surface area contributed by atoms with Gasteiger partial charge in [-0.2, -0.15) is 0 Å². The van der Waals surface area contributed by atoms with Crippen LogP contribution in [0.1, 0.15) is 34.1 Å². The number of aliphatic hydroxyl groups excluding tert-OH is 1. The Morgan fingerprint density at radius 3 is 2.10 bits per heavy atom. The lowest BCUT2D eigenvalue weighted by molar-refractivity contribution is -0.143. The Bertz CT molecular complexity index is 1460. The Labute approximate surface area is 237 Å². The molecule has 1 N–H and O–H groups in total. The number of ketones is 4. The molecular weight excluding hydrogens is 532 g/mol. The van der Waals surface area contributed by atoms with Crippen LogP contribution in [0.5, 0.6) is 0 Å². The summed E-state index contributed by atoms with van der Waals surface area (Å²) < 4.78 is 16.3. The summed E-state index contributed by atoms with van der Waals surface area (Å²) in [5.41, 5.74) is 1.33. The SMILES string of the molecule is CC=C(C)C(=O)OCC1C2=C(CC3C4C5=C(C(=O)C(C)=C(OC)C5=O)C(O)C(CN13)N4C)C(=O)C(C)=C(OC)C2=O. The second kappa shape index (κ2) is 10.3. The number of methoxy groups -OCH3 is 2. The molecule has 41 heavy (non-hydrogen) atoms. The predicted octanol–water partition coefficient (Wildman–Crippen LogP) is 0.733. The lowest BCUT2D eigenvalue weighted by atomic mass is 9.68. The van der Waals surface area contributed by atoms with Crippen molar-refractivity contribution in [1.29, 1.82) is 0 Å². The zero-order chi connectivity index (χ0) is 30.1. The first-order valence-electron chi connectivity index (χ1n) is 13.5. The predicted molar refractivity (Wildman–Crippen MR) is 144 cm³/mol. The summed E-state index contributed by atoms with van der Waals surface area (Å²) in [6, 6.07) is -2.73. The van der Waals surface area contributed by atoms with Gasteiger partial charge in [-0.1, -0.05) is 6.08 Å². The number of rotatable bonds is 5. The third-order valence-electron chi connectivity index (χ3n) is 9.19. The molecule has 5 rings (SSSR count). The Kier molecular flexibility index (Phi) is 7.25. The number of aliphatic hydroxyl groups is 1. The molecule has 0 saturated carbocycles. The molecule has 0 spiro atoms. The molecule has 5 unspecified atom stereocenters. The van der Waals surface area contributed by atoms with Crippen LogP contribution in [-0.4, -0.2) is 109 Å². The van der Waals surface area contributed by atoms with Crippen LogP contribution in [0.3, 0.4) is 0 Å². The van der Waals surface area contributed by atoms with Crippen molar-refractivity contribution < 1.29 is 43.3 Å². The van der Waals surface area contributed by atoms with E-state index in [1.54, 1.807) is 27.0 Å². The normalized spacial score (nSPS) is 30.9. The molecular formula is C30H34N2O9. The molecule has 0 aromatic rings. The Morgan fingerprint density at radius 1 is 0.927 bits per heavy atom. The molecule has 1 saturated heterocycles. The maximum Gasteiger partial charge on any atom is 0.333 e. The van der Waals surface area contributed by atoms with Crippen LogP contribution in [-0.2, 0) is 38.2 Å². The fourth-order valence-electron chi connectivity index (χ4n) is 6.94. The van der Waals surface area contributed by atoms with Gasteiger partial charge in [-0.05, 0) is 41.2 Å². The summed E-state index contributed by atoms with van der Waals surface area (Å²) in [7, 11) is 4.41. The van der Waals surface area contributed by atoms with Gasteiger partial charge < -0.3 is 19.3 Å². The van der Waals surface area contributed by atoms with Crippen LogP contribution >= 0.6 is 0 Å². The van der Waals surface area contributed by atoms with Gasteiger partial charge in [0, 0.05) is 51.6 Å². The zero-order valence-electron chi connectivity index (χ0n) is 24.2. The fourth-order valence-corrected chi connectivity index (χ4v) is 6.94. The van der Waals surface area contributed by atoms with Crippen molar-refractivity contribution in [2.24, 2.45) is 0 Å². The van der Waals surface area contributed by atoms with E-state index in [2.05, 4.69) is 0 Å². The molecule has 2 aliphatic carbocycles. The Balaban J connectivity index is 1.66. The van der Waals surface area contributed by atoms with Crippen molar-refractivity contribution in [3.63, 3.8) is 0 Å². The fraction of sp³-hybridized carbons (Fsp3) is 0.500. The van der Waals surface area contributed by atoms with E-state index < -0.39 is 53.6 Å². The molecule has 3 aliphatic heterocycles. The summed E-state index contributed by atoms with van der Waals surface area (Å²) >= 11 is 0. The van der Waals surface area contributed by atoms with Gasteiger partial charge in [0.1, 0.15) is 6.61 Å². The van der Waals surface area contributed by atoms with E-state index in [1.807, 2.05) is 9.80 Å². The van der Waals surface area contributed by atoms with Gasteiger partial charge in [0.15, 0.2) is 23.1 Å². The number of carbonyl (C=O) groups excluding carboxylic acids is 5. The number of likely N-dealkylation sites (N-methyl/N-ethyl adjacent to an activating group) is 1. The molecule has 5 aliphatic rings. The van der Waals surface area contributed by atoms with Crippen molar-refractivity contribution in [1.82, 2.24) is 9.80 Å². The van der Waals surface area contributed by atoms with Crippen molar-refractivity contribution >= 4 is 29.1 Å². The largest absolute Gasteiger partial charge is 0.492 e. The van der Waals surface area contributed by atoms with Crippen LogP contribution in [0, 0.1) is 0 Å². The molecule has 1 fully saturated rings. The second-order valence-electron chi connectivity index (χ2n) is 11.0. The number of Topliss-reactive ketones (excluding diaryl/α,β-unsaturated/α-hetero) is 4. The summed E-state index contributed by atoms with van der Waals surface area (Å²) in [4.78, 5) is 71.0. The smallest absolute Gasteiger partial charge is 0.333 e. The summed E-state index contributed by atoms with van der Waals surface area (Å²) in [5.74, 6) is -2.47. The summed E-state index contributed by atoms with van der Waals surface area (Å²) in [5, 5.41) is 11.5. The molecule has 11 heteroatoms. The number of hydrogen-bond acceptors (Lipinski definition) is 11. The van der Waals surface area contributed by atoms with Crippen molar-refractivity contribution in [2.75, 3.05) is 34.4 Å². The van der Waals surface area contributed by atoms with Crippen molar-refractivity contribution in [2.45, 2.75) is 64.4 Å². The number of esters is 1. The van der Waals surface area contributed by atoms with Gasteiger partial charge in [-0.3, -0.25) is 29.0 Å². The average molecular weight is 567 g/mol. The first-order chi connectivity index (χ1) is 19.4. The van der Waals surface area contributed by atoms with Gasteiger partial charge >= 0.3 is 5.97 Å². The minimum Gasteiger partial charge on any atom is -0.492 e. The first kappa shape index (κ1) is 28.8. The average Bonchev–Trinajstić information content (AvgIpc) is 2.95. The number of hydrogen-bond donors (Lipinski definition) is 1. The number of fused-ring (bicyclic) bond motifs is 5. The molecule has 0 radical (unpaired) electrons. The number of piperazine rings is 1. The van der Waals surface area contributed by atoms with E-state index in [9.17, 15) is 29.1 Å². The lowest BCUT2D eigenvalue weighted by Gasteiger charge is -2.59. The van der Waals surface area contributed by atoms with Gasteiger partial charge in [0.05, 0.1) is 38.4 Å². The van der Waals surface area contributed by atoms with Gasteiger partial charge in [0.2, 0.25) is 11.6 Å². The number of carbonyl (C=O) groups is 5. The van der Waals surface area contributed by atoms with Gasteiger partial charge in [-0.25, -0.2) is 4.79 Å². The Morgan fingerprint density at radius 2 is 1.51 bits per heavy atom. The quantitative estimate of drug-likeness (QED) is 0.286. The highest BCUT2D eigenvalue weighted by molar-refractivity contribution is 6.26. The molecule has 5 atom stereocenters. The number of ether oxygens (including phenoxy) is 3. The van der Waals surface area contributed by atoms with Crippen LogP contribution in [0.4, 0.5) is 0 Å². The van der Waals surface area contributed by atoms with Gasteiger partial charge in [0.25, 0.3) is 0 Å². The molecule has 0 amide bonds. The molecule has 11 nitrogen and oxygen atoms in total. The van der Waals surface area contributed by atoms with Gasteiger partial charge in [-0.15, -0.1) is 0 Å². The van der Waals surface area contributed by atoms with Crippen molar-refractivity contribution in [3.05, 3.63) is 56.6 Å². The standard InChI is InChI=1S/C30H34N2O9/c1-8-12(2)30(38)41-11-18-19-15(23(33)13(3)28(39-6)26(19)36)9-16-22-20-21(24(34)14(4)29(40-7)27(20)37)25(35)17(31(22)5)10-32(16)18/h8,16-18,22,25,35H,9-11H2,1-7H3. The highest BCUT2D eigenvalue weighted by Gasteiger charge is 2.58. The first-order valence-corrected chi connectivity index (χ1v) is 13.5. The third kappa shape index (κ3) is 4.01. The van der Waals surface area contributed by atoms with E-state index in [0.717, 1.165) is 0 Å².